The third-order valence-electron chi connectivity index (χ3n) is 4.77. The minimum absolute atomic E-state index is 0.0865. The number of aliphatic imine (C=N–C) groups is 2. The van der Waals surface area contributed by atoms with Gasteiger partial charge in [0.1, 0.15) is 23.3 Å². The first-order valence-electron chi connectivity index (χ1n) is 9.68. The number of rotatable bonds is 7. The second kappa shape index (κ2) is 9.65. The quantitative estimate of drug-likeness (QED) is 0.626. The number of nitrogens with zero attached hydrogens (tertiary/aromatic N) is 4. The molecule has 9 nitrogen and oxygen atoms in total. The first kappa shape index (κ1) is 24.3. The molecule has 0 radical (unpaired) electrons. The Morgan fingerprint density at radius 1 is 1.27 bits per heavy atom. The normalized spacial score (nSPS) is 19.8. The van der Waals surface area contributed by atoms with Crippen LogP contribution in [0.25, 0.3) is 0 Å². The Hall–Kier alpha value is -3.35. The lowest BCUT2D eigenvalue weighted by Gasteiger charge is -2.29. The lowest BCUT2D eigenvalue weighted by atomic mass is 10.1. The Morgan fingerprint density at radius 2 is 2.03 bits per heavy atom. The summed E-state index contributed by atoms with van der Waals surface area (Å²) in [5.74, 6) is -1.73. The molecule has 0 aliphatic carbocycles. The summed E-state index contributed by atoms with van der Waals surface area (Å²) in [5.41, 5.74) is 0.929. The number of nitrogens with one attached hydrogen (secondary N) is 2. The van der Waals surface area contributed by atoms with Crippen LogP contribution in [0, 0.1) is 5.92 Å². The summed E-state index contributed by atoms with van der Waals surface area (Å²) >= 11 is 0. The summed E-state index contributed by atoms with van der Waals surface area (Å²) < 4.78 is 70.6. The molecule has 2 N–H and O–H groups in total. The first-order chi connectivity index (χ1) is 15.5. The van der Waals surface area contributed by atoms with Crippen LogP contribution >= 0.6 is 0 Å². The molecule has 2 atom stereocenters. The highest BCUT2D eigenvalue weighted by Crippen LogP contribution is 2.28. The van der Waals surface area contributed by atoms with E-state index in [-0.39, 0.29) is 18.2 Å². The first-order valence-corrected chi connectivity index (χ1v) is 11.5. The van der Waals surface area contributed by atoms with Crippen LogP contribution in [0.2, 0.25) is 0 Å². The average Bonchev–Trinajstić information content (AvgIpc) is 2.76. The van der Waals surface area contributed by atoms with Crippen molar-refractivity contribution in [2.24, 2.45) is 15.9 Å². The number of amidine groups is 1. The van der Waals surface area contributed by atoms with Gasteiger partial charge in [-0.05, 0) is 18.2 Å². The average molecular weight is 485 g/mol. The number of alkyl halides is 3. The molecule has 3 rings (SSSR count). The lowest BCUT2D eigenvalue weighted by molar-refractivity contribution is -0.139. The van der Waals surface area contributed by atoms with Gasteiger partial charge in [-0.1, -0.05) is 12.1 Å². The van der Waals surface area contributed by atoms with Crippen LogP contribution in [-0.4, -0.2) is 58.3 Å². The molecule has 2 heterocycles. The molecule has 0 amide bonds. The zero-order chi connectivity index (χ0) is 24.2. The van der Waals surface area contributed by atoms with E-state index in [1.807, 2.05) is 0 Å². The predicted molar refractivity (Wildman–Crippen MR) is 120 cm³/mol. The molecule has 1 aromatic carbocycles. The molecule has 0 spiro atoms. The summed E-state index contributed by atoms with van der Waals surface area (Å²) in [5, 5.41) is 5.64. The third kappa shape index (κ3) is 6.12. The van der Waals surface area contributed by atoms with E-state index in [2.05, 4.69) is 25.6 Å². The topological polar surface area (TPSA) is 108 Å². The molecule has 0 fully saturated rings. The Bertz CT molecular complexity index is 1150. The van der Waals surface area contributed by atoms with Crippen LogP contribution in [0.4, 0.5) is 24.7 Å². The summed E-state index contributed by atoms with van der Waals surface area (Å²) in [6, 6.07) is 9.96. The molecule has 33 heavy (non-hydrogen) atoms. The molecule has 1 aromatic heterocycles. The Morgan fingerprint density at radius 3 is 2.70 bits per heavy atom. The molecule has 2 aromatic rings. The smallest absolute Gasteiger partial charge is 0.403 e. The van der Waals surface area contributed by atoms with Crippen molar-refractivity contribution < 1.29 is 26.3 Å². The van der Waals surface area contributed by atoms with Crippen molar-refractivity contribution in [2.75, 3.05) is 30.0 Å². The van der Waals surface area contributed by atoms with Crippen molar-refractivity contribution in [1.82, 2.24) is 10.3 Å². The molecule has 13 heteroatoms. The maximum absolute atomic E-state index is 13.6. The second-order valence-corrected chi connectivity index (χ2v) is 9.17. The molecule has 0 saturated carbocycles. The monoisotopic (exact) mass is 484 g/mol. The van der Waals surface area contributed by atoms with Gasteiger partial charge in [-0.25, -0.2) is 13.4 Å². The fourth-order valence-electron chi connectivity index (χ4n) is 3.00. The lowest BCUT2D eigenvalue weighted by Crippen LogP contribution is -2.51. The number of methoxy groups -OCH3 is 1. The van der Waals surface area contributed by atoms with Gasteiger partial charge in [-0.2, -0.15) is 13.2 Å². The number of halogens is 3. The van der Waals surface area contributed by atoms with Crippen molar-refractivity contribution in [3.8, 4) is 5.75 Å². The van der Waals surface area contributed by atoms with Crippen LogP contribution in [0.3, 0.4) is 0 Å². The van der Waals surface area contributed by atoms with Crippen molar-refractivity contribution in [1.29, 1.82) is 0 Å². The molecule has 0 bridgehead atoms. The molecule has 0 saturated heterocycles. The van der Waals surface area contributed by atoms with E-state index in [1.165, 1.54) is 20.4 Å². The zero-order valence-corrected chi connectivity index (χ0v) is 18.9. The van der Waals surface area contributed by atoms with Crippen molar-refractivity contribution in [3.63, 3.8) is 0 Å². The summed E-state index contributed by atoms with van der Waals surface area (Å²) in [6.45, 7) is -0.225. The van der Waals surface area contributed by atoms with Crippen LogP contribution < -0.4 is 19.7 Å². The number of sulfonamides is 1. The molecule has 1 aliphatic heterocycles. The number of aromatic nitrogens is 1. The van der Waals surface area contributed by atoms with Gasteiger partial charge in [0.2, 0.25) is 10.0 Å². The number of anilines is 2. The van der Waals surface area contributed by atoms with E-state index in [0.29, 0.717) is 17.0 Å². The molecular formula is C20H23F3N6O3S. The van der Waals surface area contributed by atoms with Crippen LogP contribution in [-0.2, 0) is 16.6 Å². The highest BCUT2D eigenvalue weighted by atomic mass is 32.2. The van der Waals surface area contributed by atoms with E-state index in [1.54, 1.807) is 36.4 Å². The van der Waals surface area contributed by atoms with Gasteiger partial charge >= 0.3 is 6.18 Å². The number of ether oxygens (including phenoxy) is 1. The van der Waals surface area contributed by atoms with E-state index in [4.69, 9.17) is 4.74 Å². The van der Waals surface area contributed by atoms with Crippen LogP contribution in [0.5, 0.6) is 5.75 Å². The SMILES string of the molecule is COc1cccc(NC2N=CC(C(F)(F)F)C(=NCc3cccnc3N(C)S(C)(=O)=O)N2)c1. The molecular weight excluding hydrogens is 461 g/mol. The van der Waals surface area contributed by atoms with E-state index in [9.17, 15) is 21.6 Å². The second-order valence-electron chi connectivity index (χ2n) is 7.16. The summed E-state index contributed by atoms with van der Waals surface area (Å²) in [6.07, 6.45) is -2.32. The van der Waals surface area contributed by atoms with Gasteiger partial charge in [-0.3, -0.25) is 14.3 Å². The highest BCUT2D eigenvalue weighted by molar-refractivity contribution is 7.92. The van der Waals surface area contributed by atoms with E-state index >= 15 is 0 Å². The van der Waals surface area contributed by atoms with E-state index in [0.717, 1.165) is 16.8 Å². The standard InChI is InChI=1S/C20H23F3N6O3S/c1-29(33(3,30)31)18-13(6-5-9-24-18)11-25-17-16(20(21,22)23)12-26-19(28-17)27-14-7-4-8-15(10-14)32-2/h4-10,12,16,19,27H,11H2,1-3H3,(H,25,28). The Kier molecular flexibility index (Phi) is 7.10. The maximum atomic E-state index is 13.6. The number of pyridine rings is 1. The summed E-state index contributed by atoms with van der Waals surface area (Å²) in [4.78, 5) is 12.1. The van der Waals surface area contributed by atoms with Gasteiger partial charge in [0.05, 0.1) is 19.9 Å². The van der Waals surface area contributed by atoms with Crippen molar-refractivity contribution in [3.05, 3.63) is 48.2 Å². The number of hydrogen-bond acceptors (Lipinski definition) is 7. The number of hydrogen-bond donors (Lipinski definition) is 2. The summed E-state index contributed by atoms with van der Waals surface area (Å²) in [7, 11) is -0.805. The highest BCUT2D eigenvalue weighted by Gasteiger charge is 2.44. The minimum Gasteiger partial charge on any atom is -0.497 e. The van der Waals surface area contributed by atoms with Gasteiger partial charge in [0.25, 0.3) is 0 Å². The van der Waals surface area contributed by atoms with Gasteiger partial charge in [0, 0.05) is 36.8 Å². The molecule has 1 aliphatic rings. The Labute approximate surface area is 189 Å². The van der Waals surface area contributed by atoms with Crippen LogP contribution in [0.15, 0.2) is 52.6 Å². The van der Waals surface area contributed by atoms with Gasteiger partial charge in [0.15, 0.2) is 6.29 Å². The maximum Gasteiger partial charge on any atom is 0.403 e. The van der Waals surface area contributed by atoms with Crippen molar-refractivity contribution >= 4 is 33.6 Å². The molecule has 178 valence electrons. The van der Waals surface area contributed by atoms with Crippen molar-refractivity contribution in [2.45, 2.75) is 19.0 Å². The van der Waals surface area contributed by atoms with E-state index < -0.39 is 28.4 Å². The van der Waals surface area contributed by atoms with Gasteiger partial charge in [-0.15, -0.1) is 0 Å². The predicted octanol–water partition coefficient (Wildman–Crippen LogP) is 2.63. The Balaban J connectivity index is 1.87. The molecule has 2 unspecified atom stereocenters. The minimum atomic E-state index is -4.61. The van der Waals surface area contributed by atoms with Gasteiger partial charge < -0.3 is 15.4 Å². The number of benzene rings is 1. The zero-order valence-electron chi connectivity index (χ0n) is 18.0. The third-order valence-corrected chi connectivity index (χ3v) is 5.94. The fraction of sp³-hybridized carbons (Fsp3) is 0.350. The fourth-order valence-corrected chi connectivity index (χ4v) is 3.48. The van der Waals surface area contributed by atoms with Crippen LogP contribution in [0.1, 0.15) is 5.56 Å². The largest absolute Gasteiger partial charge is 0.497 e.